The van der Waals surface area contributed by atoms with E-state index in [1.165, 1.54) is 24.0 Å². The first-order chi connectivity index (χ1) is 11.3. The SMILES string of the molecule is CCCCc1ccccc1OC=Cc1cccc(CCCN)c1. The van der Waals surface area contributed by atoms with Crippen molar-refractivity contribution in [2.24, 2.45) is 5.73 Å². The summed E-state index contributed by atoms with van der Waals surface area (Å²) in [5, 5.41) is 0. The van der Waals surface area contributed by atoms with Crippen LogP contribution in [0.5, 0.6) is 5.75 Å². The molecule has 0 aliphatic rings. The number of nitrogens with two attached hydrogens (primary N) is 1. The van der Waals surface area contributed by atoms with Crippen LogP contribution in [0.3, 0.4) is 0 Å². The zero-order chi connectivity index (χ0) is 16.3. The van der Waals surface area contributed by atoms with Crippen LogP contribution in [0.25, 0.3) is 6.08 Å². The highest BCUT2D eigenvalue weighted by atomic mass is 16.5. The van der Waals surface area contributed by atoms with Crippen molar-refractivity contribution in [1.82, 2.24) is 0 Å². The van der Waals surface area contributed by atoms with Gasteiger partial charge >= 0.3 is 0 Å². The third kappa shape index (κ3) is 5.91. The normalized spacial score (nSPS) is 11.0. The molecule has 0 saturated carbocycles. The van der Waals surface area contributed by atoms with Crippen LogP contribution in [0.4, 0.5) is 0 Å². The Balaban J connectivity index is 1.99. The van der Waals surface area contributed by atoms with Gasteiger partial charge in [0, 0.05) is 0 Å². The highest BCUT2D eigenvalue weighted by Crippen LogP contribution is 2.20. The summed E-state index contributed by atoms with van der Waals surface area (Å²) in [5.74, 6) is 0.955. The lowest BCUT2D eigenvalue weighted by Crippen LogP contribution is -2.00. The Labute approximate surface area is 140 Å². The highest BCUT2D eigenvalue weighted by molar-refractivity contribution is 5.50. The second-order valence-corrected chi connectivity index (χ2v) is 5.77. The molecule has 0 unspecified atom stereocenters. The Kier molecular flexibility index (Phi) is 7.41. The average Bonchev–Trinajstić information content (AvgIpc) is 2.59. The number of hydrogen-bond acceptors (Lipinski definition) is 2. The number of rotatable bonds is 9. The van der Waals surface area contributed by atoms with E-state index in [2.05, 4.69) is 43.3 Å². The summed E-state index contributed by atoms with van der Waals surface area (Å²) in [7, 11) is 0. The fourth-order valence-electron chi connectivity index (χ4n) is 2.54. The minimum Gasteiger partial charge on any atom is -0.465 e. The predicted octanol–water partition coefficient (Wildman–Crippen LogP) is 4.97. The maximum absolute atomic E-state index is 5.86. The number of aryl methyl sites for hydroxylation is 2. The minimum atomic E-state index is 0.734. The Morgan fingerprint density at radius 2 is 1.87 bits per heavy atom. The van der Waals surface area contributed by atoms with E-state index < -0.39 is 0 Å². The Morgan fingerprint density at radius 3 is 2.70 bits per heavy atom. The molecule has 23 heavy (non-hydrogen) atoms. The molecule has 0 aromatic heterocycles. The molecule has 0 atom stereocenters. The molecule has 2 aromatic rings. The van der Waals surface area contributed by atoms with E-state index in [0.29, 0.717) is 0 Å². The first kappa shape index (κ1) is 17.3. The van der Waals surface area contributed by atoms with Crippen molar-refractivity contribution in [3.05, 3.63) is 71.5 Å². The van der Waals surface area contributed by atoms with Crippen molar-refractivity contribution in [3.63, 3.8) is 0 Å². The van der Waals surface area contributed by atoms with Gasteiger partial charge in [-0.2, -0.15) is 0 Å². The van der Waals surface area contributed by atoms with Crippen molar-refractivity contribution in [3.8, 4) is 5.75 Å². The summed E-state index contributed by atoms with van der Waals surface area (Å²) in [6.45, 7) is 2.94. The summed E-state index contributed by atoms with van der Waals surface area (Å²) in [6, 6.07) is 16.8. The molecule has 0 amide bonds. The van der Waals surface area contributed by atoms with Gasteiger partial charge in [0.15, 0.2) is 0 Å². The summed E-state index contributed by atoms with van der Waals surface area (Å²) in [4.78, 5) is 0. The lowest BCUT2D eigenvalue weighted by atomic mass is 10.1. The topological polar surface area (TPSA) is 35.2 Å². The molecule has 0 radical (unpaired) electrons. The van der Waals surface area contributed by atoms with Gasteiger partial charge in [0.1, 0.15) is 5.75 Å². The van der Waals surface area contributed by atoms with Gasteiger partial charge in [-0.25, -0.2) is 0 Å². The summed E-state index contributed by atoms with van der Waals surface area (Å²) < 4.78 is 5.86. The molecule has 0 saturated heterocycles. The fraction of sp³-hybridized carbons (Fsp3) is 0.333. The van der Waals surface area contributed by atoms with Crippen LogP contribution in [-0.2, 0) is 12.8 Å². The molecule has 2 heteroatoms. The van der Waals surface area contributed by atoms with Crippen LogP contribution in [0.1, 0.15) is 42.9 Å². The van der Waals surface area contributed by atoms with Crippen molar-refractivity contribution < 1.29 is 4.74 Å². The van der Waals surface area contributed by atoms with Crippen molar-refractivity contribution >= 4 is 6.08 Å². The lowest BCUT2D eigenvalue weighted by Gasteiger charge is -2.07. The van der Waals surface area contributed by atoms with Crippen molar-refractivity contribution in [2.45, 2.75) is 39.0 Å². The third-order valence-electron chi connectivity index (χ3n) is 3.85. The first-order valence-electron chi connectivity index (χ1n) is 8.53. The van der Waals surface area contributed by atoms with E-state index in [1.807, 2.05) is 18.2 Å². The van der Waals surface area contributed by atoms with Crippen LogP contribution in [0.2, 0.25) is 0 Å². The zero-order valence-electron chi connectivity index (χ0n) is 14.0. The highest BCUT2D eigenvalue weighted by Gasteiger charge is 2.01. The molecule has 122 valence electrons. The maximum atomic E-state index is 5.86. The quantitative estimate of drug-likeness (QED) is 0.664. The number of ether oxygens (including phenoxy) is 1. The summed E-state index contributed by atoms with van der Waals surface area (Å²) in [6.07, 6.45) is 9.30. The maximum Gasteiger partial charge on any atom is 0.129 e. The Hall–Kier alpha value is -2.06. The monoisotopic (exact) mass is 309 g/mol. The molecule has 0 aliphatic heterocycles. The van der Waals surface area contributed by atoms with E-state index in [1.54, 1.807) is 6.26 Å². The van der Waals surface area contributed by atoms with Gasteiger partial charge in [-0.15, -0.1) is 0 Å². The van der Waals surface area contributed by atoms with Crippen LogP contribution >= 0.6 is 0 Å². The molecule has 2 aromatic carbocycles. The second kappa shape index (κ2) is 9.86. The van der Waals surface area contributed by atoms with E-state index >= 15 is 0 Å². The molecule has 0 spiro atoms. The number of para-hydroxylation sites is 1. The molecular formula is C21H27NO. The number of hydrogen-bond donors (Lipinski definition) is 1. The summed E-state index contributed by atoms with van der Waals surface area (Å²) in [5.41, 5.74) is 9.33. The van der Waals surface area contributed by atoms with Gasteiger partial charge in [-0.3, -0.25) is 0 Å². The van der Waals surface area contributed by atoms with Gasteiger partial charge in [0.2, 0.25) is 0 Å². The fourth-order valence-corrected chi connectivity index (χ4v) is 2.54. The average molecular weight is 309 g/mol. The molecule has 2 N–H and O–H groups in total. The van der Waals surface area contributed by atoms with E-state index in [4.69, 9.17) is 10.5 Å². The smallest absolute Gasteiger partial charge is 0.129 e. The van der Waals surface area contributed by atoms with Crippen LogP contribution in [0.15, 0.2) is 54.8 Å². The van der Waals surface area contributed by atoms with Gasteiger partial charge < -0.3 is 10.5 Å². The van der Waals surface area contributed by atoms with Crippen LogP contribution in [-0.4, -0.2) is 6.54 Å². The lowest BCUT2D eigenvalue weighted by molar-refractivity contribution is 0.477. The molecule has 0 heterocycles. The molecule has 0 fully saturated rings. The van der Waals surface area contributed by atoms with E-state index in [9.17, 15) is 0 Å². The Morgan fingerprint density at radius 1 is 1.00 bits per heavy atom. The van der Waals surface area contributed by atoms with Gasteiger partial charge in [0.25, 0.3) is 0 Å². The third-order valence-corrected chi connectivity index (χ3v) is 3.85. The molecule has 2 rings (SSSR count). The minimum absolute atomic E-state index is 0.734. The predicted molar refractivity (Wildman–Crippen MR) is 98.5 cm³/mol. The molecular weight excluding hydrogens is 282 g/mol. The van der Waals surface area contributed by atoms with Gasteiger partial charge in [0.05, 0.1) is 6.26 Å². The van der Waals surface area contributed by atoms with E-state index in [0.717, 1.165) is 37.1 Å². The summed E-state index contributed by atoms with van der Waals surface area (Å²) >= 11 is 0. The second-order valence-electron chi connectivity index (χ2n) is 5.77. The first-order valence-corrected chi connectivity index (χ1v) is 8.53. The standard InChI is InChI=1S/C21H27NO/c1-2-3-11-20-12-4-5-13-21(20)23-16-14-19-9-6-8-18(17-19)10-7-15-22/h4-6,8-9,12-14,16-17H,2-3,7,10-11,15,22H2,1H3. The van der Waals surface area contributed by atoms with Crippen LogP contribution < -0.4 is 10.5 Å². The zero-order valence-corrected chi connectivity index (χ0v) is 14.0. The van der Waals surface area contributed by atoms with Crippen molar-refractivity contribution in [1.29, 1.82) is 0 Å². The number of unbranched alkanes of at least 4 members (excludes halogenated alkanes) is 1. The molecule has 0 bridgehead atoms. The van der Waals surface area contributed by atoms with Crippen LogP contribution in [0, 0.1) is 0 Å². The Bertz CT molecular complexity index is 619. The number of benzene rings is 2. The van der Waals surface area contributed by atoms with Crippen molar-refractivity contribution in [2.75, 3.05) is 6.54 Å². The molecule has 0 aliphatic carbocycles. The van der Waals surface area contributed by atoms with E-state index in [-0.39, 0.29) is 0 Å². The molecule has 2 nitrogen and oxygen atoms in total. The van der Waals surface area contributed by atoms with Gasteiger partial charge in [-0.05, 0) is 61.1 Å². The van der Waals surface area contributed by atoms with Gasteiger partial charge in [-0.1, -0.05) is 55.8 Å². The largest absolute Gasteiger partial charge is 0.465 e.